The van der Waals surface area contributed by atoms with E-state index in [9.17, 15) is 9.59 Å². The molecule has 0 radical (unpaired) electrons. The predicted octanol–water partition coefficient (Wildman–Crippen LogP) is 4.34. The maximum Gasteiger partial charge on any atom is 0.273 e. The van der Waals surface area contributed by atoms with Crippen LogP contribution in [-0.4, -0.2) is 32.2 Å². The van der Waals surface area contributed by atoms with Crippen molar-refractivity contribution in [1.29, 1.82) is 0 Å². The molecular weight excluding hydrogens is 406 g/mol. The molecule has 0 atom stereocenters. The van der Waals surface area contributed by atoms with Crippen molar-refractivity contribution in [3.63, 3.8) is 0 Å². The number of anilines is 1. The van der Waals surface area contributed by atoms with Gasteiger partial charge in [-0.1, -0.05) is 41.5 Å². The number of hydrogen-bond acceptors (Lipinski definition) is 5. The van der Waals surface area contributed by atoms with Crippen molar-refractivity contribution in [2.45, 2.75) is 13.8 Å². The van der Waals surface area contributed by atoms with Gasteiger partial charge in [-0.2, -0.15) is 5.10 Å². The second-order valence-corrected chi connectivity index (χ2v) is 7.18. The molecule has 7 heteroatoms. The molecule has 0 aliphatic carbocycles. The Labute approximate surface area is 187 Å². The number of carbonyl (C=O) groups is 2. The van der Waals surface area contributed by atoms with Gasteiger partial charge in [-0.15, -0.1) is 0 Å². The number of benzene rings is 3. The van der Waals surface area contributed by atoms with Gasteiger partial charge in [0.15, 0.2) is 11.5 Å². The molecular formula is C25H25N3O4. The zero-order valence-electron chi connectivity index (χ0n) is 18.4. The SMILES string of the molecule is COc1ccc(C(=O)Nc2ccc(C)cc2C(=O)NN=Cc2ccc(C)cc2)cc1OC. The monoisotopic (exact) mass is 431 g/mol. The summed E-state index contributed by atoms with van der Waals surface area (Å²) in [6.07, 6.45) is 1.56. The largest absolute Gasteiger partial charge is 0.493 e. The molecule has 0 saturated carbocycles. The molecule has 0 aromatic heterocycles. The average molecular weight is 431 g/mol. The Morgan fingerprint density at radius 2 is 1.50 bits per heavy atom. The smallest absolute Gasteiger partial charge is 0.273 e. The van der Waals surface area contributed by atoms with E-state index < -0.39 is 5.91 Å². The molecule has 7 nitrogen and oxygen atoms in total. The number of hydrogen-bond donors (Lipinski definition) is 2. The predicted molar refractivity (Wildman–Crippen MR) is 125 cm³/mol. The Morgan fingerprint density at radius 3 is 2.19 bits per heavy atom. The van der Waals surface area contributed by atoms with Crippen LogP contribution in [0.5, 0.6) is 11.5 Å². The van der Waals surface area contributed by atoms with Crippen molar-refractivity contribution < 1.29 is 19.1 Å². The number of rotatable bonds is 7. The van der Waals surface area contributed by atoms with Gasteiger partial charge in [0.1, 0.15) is 0 Å². The van der Waals surface area contributed by atoms with E-state index >= 15 is 0 Å². The summed E-state index contributed by atoms with van der Waals surface area (Å²) in [4.78, 5) is 25.6. The normalized spacial score (nSPS) is 10.6. The topological polar surface area (TPSA) is 89.0 Å². The van der Waals surface area contributed by atoms with Crippen LogP contribution in [0.15, 0.2) is 65.8 Å². The van der Waals surface area contributed by atoms with E-state index in [1.165, 1.54) is 14.2 Å². The van der Waals surface area contributed by atoms with Crippen LogP contribution in [0.25, 0.3) is 0 Å². The molecule has 0 saturated heterocycles. The van der Waals surface area contributed by atoms with E-state index in [4.69, 9.17) is 9.47 Å². The summed E-state index contributed by atoms with van der Waals surface area (Å²) in [5.74, 6) is 0.144. The van der Waals surface area contributed by atoms with Crippen LogP contribution in [0, 0.1) is 13.8 Å². The number of ether oxygens (including phenoxy) is 2. The summed E-state index contributed by atoms with van der Waals surface area (Å²) < 4.78 is 10.5. The first-order valence-electron chi connectivity index (χ1n) is 9.95. The first-order valence-corrected chi connectivity index (χ1v) is 9.95. The Bertz CT molecular complexity index is 1150. The summed E-state index contributed by atoms with van der Waals surface area (Å²) >= 11 is 0. The van der Waals surface area contributed by atoms with Gasteiger partial charge in [0.25, 0.3) is 11.8 Å². The third-order valence-electron chi connectivity index (χ3n) is 4.77. The number of aryl methyl sites for hydroxylation is 2. The zero-order chi connectivity index (χ0) is 23.1. The first-order chi connectivity index (χ1) is 15.4. The van der Waals surface area contributed by atoms with Crippen molar-refractivity contribution in [1.82, 2.24) is 5.43 Å². The van der Waals surface area contributed by atoms with Gasteiger partial charge < -0.3 is 14.8 Å². The Morgan fingerprint density at radius 1 is 0.812 bits per heavy atom. The molecule has 164 valence electrons. The highest BCUT2D eigenvalue weighted by molar-refractivity contribution is 6.09. The number of nitrogens with one attached hydrogen (secondary N) is 2. The molecule has 0 unspecified atom stereocenters. The van der Waals surface area contributed by atoms with Gasteiger partial charge in [-0.25, -0.2) is 5.43 Å². The van der Waals surface area contributed by atoms with Crippen LogP contribution in [0.3, 0.4) is 0 Å². The van der Waals surface area contributed by atoms with Crippen LogP contribution < -0.4 is 20.2 Å². The summed E-state index contributed by atoms with van der Waals surface area (Å²) in [6.45, 7) is 3.87. The summed E-state index contributed by atoms with van der Waals surface area (Å²) in [7, 11) is 3.02. The maximum absolute atomic E-state index is 12.8. The Kier molecular flexibility index (Phi) is 7.23. The Hall–Kier alpha value is -4.13. The lowest BCUT2D eigenvalue weighted by molar-refractivity contribution is 0.0956. The van der Waals surface area contributed by atoms with Crippen LogP contribution >= 0.6 is 0 Å². The minimum Gasteiger partial charge on any atom is -0.493 e. The van der Waals surface area contributed by atoms with E-state index in [1.807, 2.05) is 44.2 Å². The number of amides is 2. The van der Waals surface area contributed by atoms with Crippen LogP contribution in [-0.2, 0) is 0 Å². The van der Waals surface area contributed by atoms with Crippen LogP contribution in [0.1, 0.15) is 37.4 Å². The molecule has 0 aliphatic heterocycles. The first kappa shape index (κ1) is 22.6. The van der Waals surface area contributed by atoms with Gasteiger partial charge in [-0.3, -0.25) is 9.59 Å². The second kappa shape index (κ2) is 10.3. The van der Waals surface area contributed by atoms with Crippen molar-refractivity contribution in [3.8, 4) is 11.5 Å². The van der Waals surface area contributed by atoms with E-state index in [0.29, 0.717) is 28.3 Å². The molecule has 32 heavy (non-hydrogen) atoms. The van der Waals surface area contributed by atoms with Gasteiger partial charge in [0.2, 0.25) is 0 Å². The van der Waals surface area contributed by atoms with Crippen molar-refractivity contribution >= 4 is 23.7 Å². The molecule has 2 N–H and O–H groups in total. The zero-order valence-corrected chi connectivity index (χ0v) is 18.4. The molecule has 0 aliphatic rings. The maximum atomic E-state index is 12.8. The lowest BCUT2D eigenvalue weighted by Gasteiger charge is -2.13. The molecule has 3 rings (SSSR count). The second-order valence-electron chi connectivity index (χ2n) is 7.18. The van der Waals surface area contributed by atoms with Crippen molar-refractivity contribution in [3.05, 3.63) is 88.5 Å². The highest BCUT2D eigenvalue weighted by Crippen LogP contribution is 2.28. The fraction of sp³-hybridized carbons (Fsp3) is 0.160. The number of methoxy groups -OCH3 is 2. The fourth-order valence-corrected chi connectivity index (χ4v) is 3.01. The highest BCUT2D eigenvalue weighted by Gasteiger charge is 2.16. The van der Waals surface area contributed by atoms with Gasteiger partial charge in [0, 0.05) is 5.56 Å². The quantitative estimate of drug-likeness (QED) is 0.430. The van der Waals surface area contributed by atoms with E-state index in [2.05, 4.69) is 15.8 Å². The fourth-order valence-electron chi connectivity index (χ4n) is 3.01. The third-order valence-corrected chi connectivity index (χ3v) is 4.77. The summed E-state index contributed by atoms with van der Waals surface area (Å²) in [5, 5.41) is 6.82. The molecule has 3 aromatic rings. The van der Waals surface area contributed by atoms with Gasteiger partial charge in [0.05, 0.1) is 31.7 Å². The lowest BCUT2D eigenvalue weighted by atomic mass is 10.1. The molecule has 0 spiro atoms. The van der Waals surface area contributed by atoms with Gasteiger partial charge >= 0.3 is 0 Å². The minimum atomic E-state index is -0.431. The Balaban J connectivity index is 1.77. The van der Waals surface area contributed by atoms with Crippen molar-refractivity contribution in [2.75, 3.05) is 19.5 Å². The minimum absolute atomic E-state index is 0.305. The number of nitrogens with zero attached hydrogens (tertiary/aromatic N) is 1. The van der Waals surface area contributed by atoms with Crippen LogP contribution in [0.2, 0.25) is 0 Å². The third kappa shape index (κ3) is 5.51. The highest BCUT2D eigenvalue weighted by atomic mass is 16.5. The van der Waals surface area contributed by atoms with Crippen molar-refractivity contribution in [2.24, 2.45) is 5.10 Å². The van der Waals surface area contributed by atoms with E-state index in [1.54, 1.807) is 36.5 Å². The molecule has 0 fully saturated rings. The van der Waals surface area contributed by atoms with Crippen LogP contribution in [0.4, 0.5) is 5.69 Å². The number of hydrazone groups is 1. The van der Waals surface area contributed by atoms with E-state index in [-0.39, 0.29) is 5.91 Å². The van der Waals surface area contributed by atoms with E-state index in [0.717, 1.165) is 16.7 Å². The standard InChI is InChI=1S/C25H25N3O4/c1-16-5-8-18(9-6-16)15-26-28-25(30)20-13-17(2)7-11-21(20)27-24(29)19-10-12-22(31-3)23(14-19)32-4/h5-15H,1-4H3,(H,27,29)(H,28,30). The lowest BCUT2D eigenvalue weighted by Crippen LogP contribution is -2.21. The molecule has 3 aromatic carbocycles. The summed E-state index contributed by atoms with van der Waals surface area (Å²) in [6, 6.07) is 17.8. The van der Waals surface area contributed by atoms with Gasteiger partial charge in [-0.05, 0) is 49.7 Å². The average Bonchev–Trinajstić information content (AvgIpc) is 2.80. The molecule has 0 heterocycles. The molecule has 0 bridgehead atoms. The summed E-state index contributed by atoms with van der Waals surface area (Å²) in [5.41, 5.74) is 6.44. The molecule has 2 amide bonds. The number of carbonyl (C=O) groups excluding carboxylic acids is 2.